The van der Waals surface area contributed by atoms with Crippen LogP contribution in [0, 0.1) is 12.7 Å². The molecule has 0 saturated heterocycles. The summed E-state index contributed by atoms with van der Waals surface area (Å²) in [5.41, 5.74) is 0. The van der Waals surface area contributed by atoms with Crippen molar-refractivity contribution in [2.75, 3.05) is 0 Å². The highest BCUT2D eigenvalue weighted by molar-refractivity contribution is 7.89. The highest BCUT2D eigenvalue weighted by atomic mass is 35.5. The number of aliphatic carboxylic acids is 1. The van der Waals surface area contributed by atoms with Gasteiger partial charge in [0, 0.05) is 5.02 Å². The second kappa shape index (κ2) is 5.80. The maximum absolute atomic E-state index is 14.0. The molecule has 0 radical (unpaired) electrons. The Morgan fingerprint density at radius 3 is 2.79 bits per heavy atom. The van der Waals surface area contributed by atoms with E-state index in [0.717, 1.165) is 12.1 Å². The zero-order valence-corrected chi connectivity index (χ0v) is 13.9. The molecule has 128 valence electrons. The van der Waals surface area contributed by atoms with E-state index in [0.29, 0.717) is 10.1 Å². The van der Waals surface area contributed by atoms with Gasteiger partial charge in [0.2, 0.25) is 10.0 Å². The van der Waals surface area contributed by atoms with Gasteiger partial charge in [0.25, 0.3) is 0 Å². The Morgan fingerprint density at radius 1 is 1.42 bits per heavy atom. The molecule has 3 rings (SSSR count). The Bertz CT molecular complexity index is 930. The summed E-state index contributed by atoms with van der Waals surface area (Å²) in [5.74, 6) is -1.59. The third-order valence-corrected chi connectivity index (χ3v) is 5.88. The number of aromatic nitrogens is 3. The number of aryl methyl sites for hydroxylation is 1. The van der Waals surface area contributed by atoms with E-state index in [9.17, 15) is 22.7 Å². The number of rotatable bonds is 3. The zero-order chi connectivity index (χ0) is 17.6. The van der Waals surface area contributed by atoms with E-state index in [2.05, 4.69) is 10.2 Å². The summed E-state index contributed by atoms with van der Waals surface area (Å²) in [5, 5.41) is 17.1. The van der Waals surface area contributed by atoms with Crippen LogP contribution in [0.1, 0.15) is 11.6 Å². The van der Waals surface area contributed by atoms with Gasteiger partial charge in [-0.2, -0.15) is 4.31 Å². The number of carbonyl (C=O) groups is 1. The van der Waals surface area contributed by atoms with Crippen molar-refractivity contribution in [3.05, 3.63) is 40.7 Å². The molecule has 0 saturated carbocycles. The number of fused-ring (bicyclic) bond motifs is 1. The van der Waals surface area contributed by atoms with E-state index in [1.807, 2.05) is 0 Å². The summed E-state index contributed by atoms with van der Waals surface area (Å²) in [6, 6.07) is 1.67. The molecule has 0 fully saturated rings. The molecule has 0 amide bonds. The molecule has 2 aromatic rings. The molecule has 1 N–H and O–H groups in total. The van der Waals surface area contributed by atoms with Gasteiger partial charge in [0.1, 0.15) is 28.4 Å². The smallest absolute Gasteiger partial charge is 0.323 e. The van der Waals surface area contributed by atoms with Crippen LogP contribution in [0.15, 0.2) is 23.1 Å². The van der Waals surface area contributed by atoms with E-state index in [-0.39, 0.29) is 23.9 Å². The minimum absolute atomic E-state index is 0.0258. The SMILES string of the molecule is Cc1nnc2n1CC(C(=O)O)N(S(=O)(=O)c1cc(Cl)ccc1F)C2. The summed E-state index contributed by atoms with van der Waals surface area (Å²) >= 11 is 5.75. The van der Waals surface area contributed by atoms with Gasteiger partial charge in [-0.15, -0.1) is 10.2 Å². The second-order valence-corrected chi connectivity index (χ2v) is 7.55. The minimum atomic E-state index is -4.43. The number of hydrogen-bond acceptors (Lipinski definition) is 5. The average Bonchev–Trinajstić information content (AvgIpc) is 2.89. The molecule has 0 aliphatic carbocycles. The number of nitrogens with zero attached hydrogens (tertiary/aromatic N) is 4. The van der Waals surface area contributed by atoms with E-state index < -0.39 is 32.7 Å². The normalized spacial score (nSPS) is 18.4. The maximum atomic E-state index is 14.0. The predicted octanol–water partition coefficient (Wildman–Crippen LogP) is 1.04. The molecule has 2 heterocycles. The van der Waals surface area contributed by atoms with E-state index in [4.69, 9.17) is 11.6 Å². The molecule has 8 nitrogen and oxygen atoms in total. The van der Waals surface area contributed by atoms with Crippen molar-refractivity contribution in [2.24, 2.45) is 0 Å². The molecule has 1 aliphatic rings. The number of hydrogen-bond donors (Lipinski definition) is 1. The van der Waals surface area contributed by atoms with Gasteiger partial charge in [-0.1, -0.05) is 11.6 Å². The van der Waals surface area contributed by atoms with Crippen LogP contribution < -0.4 is 0 Å². The highest BCUT2D eigenvalue weighted by Gasteiger charge is 2.42. The lowest BCUT2D eigenvalue weighted by Crippen LogP contribution is -2.50. The first-order valence-corrected chi connectivity index (χ1v) is 8.62. The largest absolute Gasteiger partial charge is 0.480 e. The molecule has 1 aromatic carbocycles. The van der Waals surface area contributed by atoms with Crippen molar-refractivity contribution in [2.45, 2.75) is 31.0 Å². The summed E-state index contributed by atoms with van der Waals surface area (Å²) in [6.45, 7) is 1.15. The number of carboxylic acid groups (broad SMARTS) is 1. The fraction of sp³-hybridized carbons (Fsp3) is 0.308. The van der Waals surface area contributed by atoms with Crippen LogP contribution in [0.5, 0.6) is 0 Å². The lowest BCUT2D eigenvalue weighted by Gasteiger charge is -2.32. The fourth-order valence-corrected chi connectivity index (χ4v) is 4.40. The Hall–Kier alpha value is -2.04. The number of benzene rings is 1. The second-order valence-electron chi connectivity index (χ2n) is 5.25. The van der Waals surface area contributed by atoms with Gasteiger partial charge in [0.05, 0.1) is 13.1 Å². The van der Waals surface area contributed by atoms with E-state index in [1.54, 1.807) is 6.92 Å². The first-order valence-electron chi connectivity index (χ1n) is 6.80. The Balaban J connectivity index is 2.12. The van der Waals surface area contributed by atoms with Crippen LogP contribution in [-0.2, 0) is 27.9 Å². The summed E-state index contributed by atoms with van der Waals surface area (Å²) in [6.07, 6.45) is 0. The average molecular weight is 375 g/mol. The van der Waals surface area contributed by atoms with Crippen LogP contribution in [0.25, 0.3) is 0 Å². The molecule has 1 aromatic heterocycles. The predicted molar refractivity (Wildman–Crippen MR) is 80.3 cm³/mol. The van der Waals surface area contributed by atoms with Crippen molar-refractivity contribution in [1.82, 2.24) is 19.1 Å². The third-order valence-electron chi connectivity index (χ3n) is 3.78. The van der Waals surface area contributed by atoms with Gasteiger partial charge >= 0.3 is 5.97 Å². The monoisotopic (exact) mass is 374 g/mol. The molecule has 1 aliphatic heterocycles. The van der Waals surface area contributed by atoms with E-state index in [1.165, 1.54) is 10.6 Å². The quantitative estimate of drug-likeness (QED) is 0.860. The first-order chi connectivity index (χ1) is 11.2. The van der Waals surface area contributed by atoms with Crippen molar-refractivity contribution in [3.63, 3.8) is 0 Å². The Kier molecular flexibility index (Phi) is 4.06. The third kappa shape index (κ3) is 2.66. The van der Waals surface area contributed by atoms with Gasteiger partial charge in [-0.05, 0) is 25.1 Å². The van der Waals surface area contributed by atoms with Crippen LogP contribution >= 0.6 is 11.6 Å². The van der Waals surface area contributed by atoms with Gasteiger partial charge < -0.3 is 9.67 Å². The molecule has 24 heavy (non-hydrogen) atoms. The molecule has 11 heteroatoms. The number of carboxylic acids is 1. The van der Waals surface area contributed by atoms with Crippen LogP contribution in [0.2, 0.25) is 5.02 Å². The zero-order valence-electron chi connectivity index (χ0n) is 12.3. The summed E-state index contributed by atoms with van der Waals surface area (Å²) < 4.78 is 41.8. The van der Waals surface area contributed by atoms with Gasteiger partial charge in [-0.3, -0.25) is 4.79 Å². The molecular formula is C13H12ClFN4O4S. The summed E-state index contributed by atoms with van der Waals surface area (Å²) in [7, 11) is -4.43. The lowest BCUT2D eigenvalue weighted by atomic mass is 10.2. The Labute approximate surface area is 141 Å². The maximum Gasteiger partial charge on any atom is 0.323 e. The fourth-order valence-electron chi connectivity index (χ4n) is 2.55. The molecule has 0 spiro atoms. The standard InChI is InChI=1S/C13H12ClFN4O4S/c1-7-16-17-12-6-19(10(13(20)21)5-18(7)12)24(22,23)11-4-8(14)2-3-9(11)15/h2-4,10H,5-6H2,1H3,(H,20,21). The lowest BCUT2D eigenvalue weighted by molar-refractivity contribution is -0.142. The van der Waals surface area contributed by atoms with Crippen molar-refractivity contribution in [1.29, 1.82) is 0 Å². The van der Waals surface area contributed by atoms with Crippen molar-refractivity contribution >= 4 is 27.6 Å². The highest BCUT2D eigenvalue weighted by Crippen LogP contribution is 2.28. The number of sulfonamides is 1. The van der Waals surface area contributed by atoms with Crippen LogP contribution in [0.3, 0.4) is 0 Å². The van der Waals surface area contributed by atoms with Crippen molar-refractivity contribution in [3.8, 4) is 0 Å². The molecular weight excluding hydrogens is 363 g/mol. The molecule has 0 bridgehead atoms. The minimum Gasteiger partial charge on any atom is -0.480 e. The molecule has 1 atom stereocenters. The first kappa shape index (κ1) is 16.8. The van der Waals surface area contributed by atoms with Crippen LogP contribution in [0.4, 0.5) is 4.39 Å². The number of halogens is 2. The van der Waals surface area contributed by atoms with Gasteiger partial charge in [-0.25, -0.2) is 12.8 Å². The topological polar surface area (TPSA) is 105 Å². The summed E-state index contributed by atoms with van der Waals surface area (Å²) in [4.78, 5) is 10.9. The Morgan fingerprint density at radius 2 is 2.12 bits per heavy atom. The molecule has 1 unspecified atom stereocenters. The van der Waals surface area contributed by atoms with Crippen molar-refractivity contribution < 1.29 is 22.7 Å². The van der Waals surface area contributed by atoms with E-state index >= 15 is 0 Å². The van der Waals surface area contributed by atoms with Crippen LogP contribution in [-0.4, -0.2) is 44.6 Å². The van der Waals surface area contributed by atoms with Gasteiger partial charge in [0.15, 0.2) is 0 Å².